The SMILES string of the molecule is O=C(NCC1CCCCC1CCl)c1cc(Cl)ccc1O. The molecule has 1 saturated carbocycles. The van der Waals surface area contributed by atoms with Gasteiger partial charge in [-0.1, -0.05) is 24.4 Å². The largest absolute Gasteiger partial charge is 0.507 e. The number of benzene rings is 1. The Bertz CT molecular complexity index is 479. The first-order valence-electron chi connectivity index (χ1n) is 6.94. The third-order valence-electron chi connectivity index (χ3n) is 3.99. The van der Waals surface area contributed by atoms with Crippen LogP contribution in [0.5, 0.6) is 5.75 Å². The van der Waals surface area contributed by atoms with Crippen molar-refractivity contribution in [3.63, 3.8) is 0 Å². The second-order valence-corrected chi connectivity index (χ2v) is 6.08. The fourth-order valence-corrected chi connectivity index (χ4v) is 3.34. The second-order valence-electron chi connectivity index (χ2n) is 5.33. The summed E-state index contributed by atoms with van der Waals surface area (Å²) in [7, 11) is 0. The summed E-state index contributed by atoms with van der Waals surface area (Å²) in [6, 6.07) is 4.46. The van der Waals surface area contributed by atoms with E-state index < -0.39 is 0 Å². The molecule has 0 spiro atoms. The van der Waals surface area contributed by atoms with Gasteiger partial charge in [0.15, 0.2) is 0 Å². The average Bonchev–Trinajstić information content (AvgIpc) is 2.47. The van der Waals surface area contributed by atoms with Crippen molar-refractivity contribution in [3.8, 4) is 5.75 Å². The summed E-state index contributed by atoms with van der Waals surface area (Å²) in [5, 5.41) is 13.0. The molecule has 2 unspecified atom stereocenters. The monoisotopic (exact) mass is 315 g/mol. The molecule has 0 saturated heterocycles. The Morgan fingerprint density at radius 2 is 2.00 bits per heavy atom. The minimum Gasteiger partial charge on any atom is -0.507 e. The van der Waals surface area contributed by atoms with Gasteiger partial charge in [0.25, 0.3) is 5.91 Å². The van der Waals surface area contributed by atoms with Crippen LogP contribution in [0.3, 0.4) is 0 Å². The summed E-state index contributed by atoms with van der Waals surface area (Å²) < 4.78 is 0. The van der Waals surface area contributed by atoms with Gasteiger partial charge in [-0.2, -0.15) is 0 Å². The molecule has 2 rings (SSSR count). The van der Waals surface area contributed by atoms with E-state index in [1.165, 1.54) is 25.0 Å². The van der Waals surface area contributed by atoms with Gasteiger partial charge in [-0.25, -0.2) is 0 Å². The van der Waals surface area contributed by atoms with Crippen LogP contribution in [-0.4, -0.2) is 23.4 Å². The maximum Gasteiger partial charge on any atom is 0.255 e. The summed E-state index contributed by atoms with van der Waals surface area (Å²) in [6.45, 7) is 0.599. The summed E-state index contributed by atoms with van der Waals surface area (Å²) in [5.74, 6) is 1.20. The normalized spacial score (nSPS) is 22.5. The highest BCUT2D eigenvalue weighted by atomic mass is 35.5. The molecule has 0 aromatic heterocycles. The predicted octanol–water partition coefficient (Wildman–Crippen LogP) is 3.82. The lowest BCUT2D eigenvalue weighted by Crippen LogP contribution is -2.34. The lowest BCUT2D eigenvalue weighted by atomic mass is 9.80. The van der Waals surface area contributed by atoms with Crippen LogP contribution in [0.1, 0.15) is 36.0 Å². The number of hydrogen-bond acceptors (Lipinski definition) is 2. The second kappa shape index (κ2) is 7.19. The number of aromatic hydroxyl groups is 1. The molecular formula is C15H19Cl2NO2. The quantitative estimate of drug-likeness (QED) is 0.830. The Morgan fingerprint density at radius 1 is 1.30 bits per heavy atom. The van der Waals surface area contributed by atoms with Crippen molar-refractivity contribution in [3.05, 3.63) is 28.8 Å². The maximum absolute atomic E-state index is 12.1. The van der Waals surface area contributed by atoms with Crippen molar-refractivity contribution in [2.75, 3.05) is 12.4 Å². The van der Waals surface area contributed by atoms with E-state index in [0.717, 1.165) is 12.8 Å². The minimum absolute atomic E-state index is 0.0514. The fraction of sp³-hybridized carbons (Fsp3) is 0.533. The number of amides is 1. The molecule has 1 aromatic rings. The summed E-state index contributed by atoms with van der Waals surface area (Å²) in [4.78, 5) is 12.1. The van der Waals surface area contributed by atoms with Crippen LogP contribution >= 0.6 is 23.2 Å². The molecule has 0 radical (unpaired) electrons. The van der Waals surface area contributed by atoms with Crippen molar-refractivity contribution in [2.24, 2.45) is 11.8 Å². The Labute approximate surface area is 129 Å². The van der Waals surface area contributed by atoms with Gasteiger partial charge in [0.2, 0.25) is 0 Å². The van der Waals surface area contributed by atoms with Gasteiger partial charge >= 0.3 is 0 Å². The Balaban J connectivity index is 1.96. The first kappa shape index (κ1) is 15.5. The lowest BCUT2D eigenvalue weighted by molar-refractivity contribution is 0.0934. The van der Waals surface area contributed by atoms with E-state index in [1.54, 1.807) is 6.07 Å². The average molecular weight is 316 g/mol. The number of alkyl halides is 1. The van der Waals surface area contributed by atoms with E-state index in [-0.39, 0.29) is 17.2 Å². The first-order chi connectivity index (χ1) is 9.61. The predicted molar refractivity (Wildman–Crippen MR) is 81.6 cm³/mol. The van der Waals surface area contributed by atoms with Gasteiger partial charge in [0.05, 0.1) is 5.56 Å². The van der Waals surface area contributed by atoms with E-state index in [4.69, 9.17) is 23.2 Å². The standard InChI is InChI=1S/C15H19Cl2NO2/c16-8-10-3-1-2-4-11(10)9-18-15(20)13-7-12(17)5-6-14(13)19/h5-7,10-11,19H,1-4,8-9H2,(H,18,20). The Hall–Kier alpha value is -0.930. The third-order valence-corrected chi connectivity index (χ3v) is 4.62. The van der Waals surface area contributed by atoms with Gasteiger partial charge in [-0.05, 0) is 42.9 Å². The van der Waals surface area contributed by atoms with E-state index in [9.17, 15) is 9.90 Å². The minimum atomic E-state index is -0.288. The van der Waals surface area contributed by atoms with Crippen LogP contribution in [0.25, 0.3) is 0 Å². The van der Waals surface area contributed by atoms with Crippen molar-refractivity contribution in [2.45, 2.75) is 25.7 Å². The van der Waals surface area contributed by atoms with Gasteiger partial charge in [0, 0.05) is 17.4 Å². The van der Waals surface area contributed by atoms with E-state index in [1.807, 2.05) is 0 Å². The van der Waals surface area contributed by atoms with Gasteiger partial charge in [-0.15, -0.1) is 11.6 Å². The lowest BCUT2D eigenvalue weighted by Gasteiger charge is -2.30. The van der Waals surface area contributed by atoms with Crippen molar-refractivity contribution >= 4 is 29.1 Å². The van der Waals surface area contributed by atoms with Crippen molar-refractivity contribution in [1.29, 1.82) is 0 Å². The zero-order valence-corrected chi connectivity index (χ0v) is 12.8. The topological polar surface area (TPSA) is 49.3 Å². The molecule has 0 heterocycles. The molecular weight excluding hydrogens is 297 g/mol. The van der Waals surface area contributed by atoms with Crippen LogP contribution in [0.15, 0.2) is 18.2 Å². The Morgan fingerprint density at radius 3 is 2.70 bits per heavy atom. The molecule has 1 amide bonds. The number of hydrogen-bond donors (Lipinski definition) is 2. The van der Waals surface area contributed by atoms with Gasteiger partial charge < -0.3 is 10.4 Å². The first-order valence-corrected chi connectivity index (χ1v) is 7.85. The number of nitrogens with one attached hydrogen (secondary N) is 1. The molecule has 1 fully saturated rings. The van der Waals surface area contributed by atoms with Gasteiger partial charge in [0.1, 0.15) is 5.75 Å². The van der Waals surface area contributed by atoms with Gasteiger partial charge in [-0.3, -0.25) is 4.79 Å². The smallest absolute Gasteiger partial charge is 0.255 e. The van der Waals surface area contributed by atoms with Crippen LogP contribution in [0, 0.1) is 11.8 Å². The maximum atomic E-state index is 12.1. The third kappa shape index (κ3) is 3.80. The summed E-state index contributed by atoms with van der Waals surface area (Å²) >= 11 is 11.8. The van der Waals surface area contributed by atoms with E-state index in [2.05, 4.69) is 5.32 Å². The molecule has 0 aliphatic heterocycles. The van der Waals surface area contributed by atoms with Crippen LogP contribution < -0.4 is 5.32 Å². The highest BCUT2D eigenvalue weighted by Gasteiger charge is 2.25. The molecule has 1 aromatic carbocycles. The molecule has 0 bridgehead atoms. The number of carbonyl (C=O) groups excluding carboxylic acids is 1. The number of phenols is 1. The Kier molecular flexibility index (Phi) is 5.55. The van der Waals surface area contributed by atoms with E-state index in [0.29, 0.717) is 29.3 Å². The fourth-order valence-electron chi connectivity index (χ4n) is 2.77. The molecule has 110 valence electrons. The number of carbonyl (C=O) groups is 1. The number of phenolic OH excluding ortho intramolecular Hbond substituents is 1. The van der Waals surface area contributed by atoms with Crippen LogP contribution in [0.4, 0.5) is 0 Å². The zero-order chi connectivity index (χ0) is 14.5. The highest BCUT2D eigenvalue weighted by Crippen LogP contribution is 2.30. The van der Waals surface area contributed by atoms with Crippen LogP contribution in [0.2, 0.25) is 5.02 Å². The molecule has 20 heavy (non-hydrogen) atoms. The van der Waals surface area contributed by atoms with Crippen LogP contribution in [-0.2, 0) is 0 Å². The van der Waals surface area contributed by atoms with Crippen molar-refractivity contribution in [1.82, 2.24) is 5.32 Å². The summed E-state index contributed by atoms with van der Waals surface area (Å²) in [6.07, 6.45) is 4.64. The van der Waals surface area contributed by atoms with E-state index >= 15 is 0 Å². The summed E-state index contributed by atoms with van der Waals surface area (Å²) in [5.41, 5.74) is 0.218. The molecule has 5 heteroatoms. The molecule has 1 aliphatic rings. The zero-order valence-electron chi connectivity index (χ0n) is 11.2. The molecule has 3 nitrogen and oxygen atoms in total. The number of halogens is 2. The number of rotatable bonds is 4. The molecule has 1 aliphatic carbocycles. The molecule has 2 atom stereocenters. The van der Waals surface area contributed by atoms with Crippen molar-refractivity contribution < 1.29 is 9.90 Å². The highest BCUT2D eigenvalue weighted by molar-refractivity contribution is 6.31. The molecule has 2 N–H and O–H groups in total.